The van der Waals surface area contributed by atoms with E-state index in [0.717, 1.165) is 6.07 Å². The number of nitrogens with two attached hydrogens (primary N) is 1. The molecule has 2 N–H and O–H groups in total. The minimum Gasteiger partial charge on any atom is -0.373 e. The van der Waals surface area contributed by atoms with Gasteiger partial charge in [-0.25, -0.2) is 8.78 Å². The third kappa shape index (κ3) is 3.11. The van der Waals surface area contributed by atoms with E-state index >= 15 is 0 Å². The van der Waals surface area contributed by atoms with Gasteiger partial charge in [0.15, 0.2) is 11.6 Å². The molecule has 0 aliphatic carbocycles. The first kappa shape index (κ1) is 14.4. The smallest absolute Gasteiger partial charge is 0.163 e. The number of halogens is 2. The van der Waals surface area contributed by atoms with Crippen LogP contribution in [0, 0.1) is 11.6 Å². The minimum absolute atomic E-state index is 0.0643. The summed E-state index contributed by atoms with van der Waals surface area (Å²) in [4.78, 5) is 2.07. The maximum Gasteiger partial charge on any atom is 0.163 e. The summed E-state index contributed by atoms with van der Waals surface area (Å²) in [5.41, 5.74) is 6.10. The van der Waals surface area contributed by atoms with Crippen molar-refractivity contribution in [3.05, 3.63) is 35.4 Å². The predicted octanol–water partition coefficient (Wildman–Crippen LogP) is 2.07. The molecule has 1 heterocycles. The molecular formula is C14H20F2N2O. The molecule has 3 nitrogen and oxygen atoms in total. The summed E-state index contributed by atoms with van der Waals surface area (Å²) in [5.74, 6) is -1.63. The van der Waals surface area contributed by atoms with Gasteiger partial charge in [0.2, 0.25) is 0 Å². The summed E-state index contributed by atoms with van der Waals surface area (Å²) in [6.45, 7) is 5.53. The Kier molecular flexibility index (Phi) is 4.50. The van der Waals surface area contributed by atoms with E-state index in [1.54, 1.807) is 6.07 Å². The van der Waals surface area contributed by atoms with Gasteiger partial charge in [-0.05, 0) is 19.9 Å². The molecule has 0 saturated carbocycles. The standard InChI is InChI=1S/C14H20F2N2O/c1-9-7-18(8-10(2)19-9)13(6-17)11-4-3-5-12(15)14(11)16/h3-5,9-10,13H,6-8,17H2,1-2H3. The zero-order valence-corrected chi connectivity index (χ0v) is 11.3. The third-order valence-electron chi connectivity index (χ3n) is 3.45. The van der Waals surface area contributed by atoms with E-state index < -0.39 is 11.6 Å². The van der Waals surface area contributed by atoms with Crippen LogP contribution in [0.5, 0.6) is 0 Å². The number of hydrogen-bond acceptors (Lipinski definition) is 3. The molecule has 106 valence electrons. The normalized spacial score (nSPS) is 26.4. The Hall–Kier alpha value is -1.04. The molecule has 3 unspecified atom stereocenters. The van der Waals surface area contributed by atoms with Crippen LogP contribution in [0.15, 0.2) is 18.2 Å². The fraction of sp³-hybridized carbons (Fsp3) is 0.571. The average molecular weight is 270 g/mol. The lowest BCUT2D eigenvalue weighted by Gasteiger charge is -2.40. The third-order valence-corrected chi connectivity index (χ3v) is 3.45. The maximum atomic E-state index is 13.9. The minimum atomic E-state index is -0.828. The lowest BCUT2D eigenvalue weighted by atomic mass is 10.0. The summed E-state index contributed by atoms with van der Waals surface area (Å²) in [6.07, 6.45) is 0.129. The molecule has 1 aliphatic rings. The van der Waals surface area contributed by atoms with E-state index in [1.807, 2.05) is 13.8 Å². The number of ether oxygens (including phenoxy) is 1. The van der Waals surface area contributed by atoms with Gasteiger partial charge in [0.25, 0.3) is 0 Å². The van der Waals surface area contributed by atoms with Crippen molar-refractivity contribution >= 4 is 0 Å². The maximum absolute atomic E-state index is 13.9. The highest BCUT2D eigenvalue weighted by molar-refractivity contribution is 5.23. The zero-order chi connectivity index (χ0) is 14.0. The van der Waals surface area contributed by atoms with Gasteiger partial charge in [0.05, 0.1) is 18.2 Å². The molecule has 3 atom stereocenters. The van der Waals surface area contributed by atoms with E-state index in [9.17, 15) is 8.78 Å². The number of rotatable bonds is 3. The summed E-state index contributed by atoms with van der Waals surface area (Å²) < 4.78 is 32.9. The van der Waals surface area contributed by atoms with E-state index in [2.05, 4.69) is 4.90 Å². The van der Waals surface area contributed by atoms with Crippen LogP contribution in [0.1, 0.15) is 25.5 Å². The van der Waals surface area contributed by atoms with Crippen molar-refractivity contribution in [1.82, 2.24) is 4.90 Å². The Labute approximate surface area is 112 Å². The average Bonchev–Trinajstić information content (AvgIpc) is 2.34. The Balaban J connectivity index is 2.26. The highest BCUT2D eigenvalue weighted by Crippen LogP contribution is 2.27. The molecule has 1 aliphatic heterocycles. The van der Waals surface area contributed by atoms with Crippen molar-refractivity contribution in [3.8, 4) is 0 Å². The topological polar surface area (TPSA) is 38.5 Å². The lowest BCUT2D eigenvalue weighted by molar-refractivity contribution is -0.0803. The quantitative estimate of drug-likeness (QED) is 0.914. The predicted molar refractivity (Wildman–Crippen MR) is 69.7 cm³/mol. The number of hydrogen-bond donors (Lipinski definition) is 1. The van der Waals surface area contributed by atoms with Gasteiger partial charge in [-0.2, -0.15) is 0 Å². The lowest BCUT2D eigenvalue weighted by Crippen LogP contribution is -2.48. The van der Waals surface area contributed by atoms with Crippen LogP contribution in [0.25, 0.3) is 0 Å². The number of morpholine rings is 1. The van der Waals surface area contributed by atoms with Crippen LogP contribution in [0.4, 0.5) is 8.78 Å². The second kappa shape index (κ2) is 5.94. The molecule has 2 rings (SSSR count). The molecule has 1 fully saturated rings. The second-order valence-corrected chi connectivity index (χ2v) is 5.11. The van der Waals surface area contributed by atoms with Gasteiger partial charge in [-0.1, -0.05) is 12.1 Å². The Morgan fingerprint density at radius 3 is 2.53 bits per heavy atom. The largest absolute Gasteiger partial charge is 0.373 e. The van der Waals surface area contributed by atoms with Crippen LogP contribution < -0.4 is 5.73 Å². The van der Waals surface area contributed by atoms with Crippen LogP contribution in [0.2, 0.25) is 0 Å². The fourth-order valence-electron chi connectivity index (χ4n) is 2.72. The first-order valence-corrected chi connectivity index (χ1v) is 6.56. The number of nitrogens with zero attached hydrogens (tertiary/aromatic N) is 1. The molecule has 1 aromatic rings. The molecule has 1 aromatic carbocycles. The molecule has 0 amide bonds. The van der Waals surface area contributed by atoms with Crippen molar-refractivity contribution < 1.29 is 13.5 Å². The summed E-state index contributed by atoms with van der Waals surface area (Å²) >= 11 is 0. The summed E-state index contributed by atoms with van der Waals surface area (Å²) in [5, 5.41) is 0. The van der Waals surface area contributed by atoms with Crippen LogP contribution in [-0.2, 0) is 4.74 Å². The Bertz CT molecular complexity index is 431. The van der Waals surface area contributed by atoms with Gasteiger partial charge in [0.1, 0.15) is 0 Å². The van der Waals surface area contributed by atoms with Crippen LogP contribution in [-0.4, -0.2) is 36.7 Å². The first-order valence-electron chi connectivity index (χ1n) is 6.56. The molecule has 0 aromatic heterocycles. The van der Waals surface area contributed by atoms with Crippen LogP contribution >= 0.6 is 0 Å². The van der Waals surface area contributed by atoms with Gasteiger partial charge >= 0.3 is 0 Å². The van der Waals surface area contributed by atoms with E-state index in [0.29, 0.717) is 18.7 Å². The first-order chi connectivity index (χ1) is 9.02. The highest BCUT2D eigenvalue weighted by atomic mass is 19.2. The van der Waals surface area contributed by atoms with Crippen molar-refractivity contribution in [2.75, 3.05) is 19.6 Å². The van der Waals surface area contributed by atoms with Gasteiger partial charge in [-0.3, -0.25) is 4.90 Å². The Morgan fingerprint density at radius 1 is 1.32 bits per heavy atom. The fourth-order valence-corrected chi connectivity index (χ4v) is 2.72. The molecule has 19 heavy (non-hydrogen) atoms. The summed E-state index contributed by atoms with van der Waals surface area (Å²) in [7, 11) is 0. The van der Waals surface area contributed by atoms with Crippen molar-refractivity contribution in [2.45, 2.75) is 32.1 Å². The second-order valence-electron chi connectivity index (χ2n) is 5.11. The van der Waals surface area contributed by atoms with Gasteiger partial charge < -0.3 is 10.5 Å². The van der Waals surface area contributed by atoms with E-state index in [-0.39, 0.29) is 24.8 Å². The van der Waals surface area contributed by atoms with Crippen molar-refractivity contribution in [1.29, 1.82) is 0 Å². The number of benzene rings is 1. The zero-order valence-electron chi connectivity index (χ0n) is 11.3. The molecule has 0 bridgehead atoms. The monoisotopic (exact) mass is 270 g/mol. The van der Waals surface area contributed by atoms with E-state index in [1.165, 1.54) is 6.07 Å². The molecule has 0 radical (unpaired) electrons. The van der Waals surface area contributed by atoms with Crippen molar-refractivity contribution in [3.63, 3.8) is 0 Å². The highest BCUT2D eigenvalue weighted by Gasteiger charge is 2.30. The molecule has 1 saturated heterocycles. The van der Waals surface area contributed by atoms with Gasteiger partial charge in [-0.15, -0.1) is 0 Å². The van der Waals surface area contributed by atoms with E-state index in [4.69, 9.17) is 10.5 Å². The molecule has 5 heteroatoms. The van der Waals surface area contributed by atoms with Gasteiger partial charge in [0, 0.05) is 25.2 Å². The SMILES string of the molecule is CC1CN(C(CN)c2cccc(F)c2F)CC(C)O1. The van der Waals surface area contributed by atoms with Crippen molar-refractivity contribution in [2.24, 2.45) is 5.73 Å². The molecular weight excluding hydrogens is 250 g/mol. The summed E-state index contributed by atoms with van der Waals surface area (Å²) in [6, 6.07) is 3.92. The Morgan fingerprint density at radius 2 is 1.95 bits per heavy atom. The molecule has 0 spiro atoms. The van der Waals surface area contributed by atoms with Crippen LogP contribution in [0.3, 0.4) is 0 Å².